The molecule has 0 aliphatic rings. The number of hydrogen-bond acceptors (Lipinski definition) is 3. The predicted molar refractivity (Wildman–Crippen MR) is 83.1 cm³/mol. The SMILES string of the molecule is CCOCCCn1ccnc1Nc1cccc(Cl)c1Cl. The molecule has 0 fully saturated rings. The normalized spacial score (nSPS) is 10.8. The minimum absolute atomic E-state index is 0.498. The summed E-state index contributed by atoms with van der Waals surface area (Å²) >= 11 is 12.2. The zero-order chi connectivity index (χ0) is 14.4. The fourth-order valence-electron chi connectivity index (χ4n) is 1.82. The van der Waals surface area contributed by atoms with Crippen molar-refractivity contribution in [2.45, 2.75) is 19.9 Å². The minimum atomic E-state index is 0.498. The molecule has 0 amide bonds. The van der Waals surface area contributed by atoms with Crippen LogP contribution in [0, 0.1) is 0 Å². The number of rotatable bonds is 7. The maximum absolute atomic E-state index is 6.16. The molecule has 20 heavy (non-hydrogen) atoms. The van der Waals surface area contributed by atoms with Crippen molar-refractivity contribution in [3.63, 3.8) is 0 Å². The highest BCUT2D eigenvalue weighted by atomic mass is 35.5. The van der Waals surface area contributed by atoms with Gasteiger partial charge >= 0.3 is 0 Å². The van der Waals surface area contributed by atoms with E-state index in [4.69, 9.17) is 27.9 Å². The highest BCUT2D eigenvalue weighted by Crippen LogP contribution is 2.31. The first-order chi connectivity index (χ1) is 9.72. The summed E-state index contributed by atoms with van der Waals surface area (Å²) in [5.74, 6) is 0.741. The highest BCUT2D eigenvalue weighted by Gasteiger charge is 2.08. The topological polar surface area (TPSA) is 39.1 Å². The molecule has 0 atom stereocenters. The van der Waals surface area contributed by atoms with Gasteiger partial charge in [0.05, 0.1) is 15.7 Å². The van der Waals surface area contributed by atoms with Gasteiger partial charge < -0.3 is 14.6 Å². The Balaban J connectivity index is 2.03. The number of imidazole rings is 1. The molecular weight excluding hydrogens is 297 g/mol. The van der Waals surface area contributed by atoms with Crippen LogP contribution in [-0.4, -0.2) is 22.8 Å². The van der Waals surface area contributed by atoms with Gasteiger partial charge in [0, 0.05) is 32.2 Å². The molecule has 2 aromatic rings. The molecule has 1 aromatic carbocycles. The highest BCUT2D eigenvalue weighted by molar-refractivity contribution is 6.43. The summed E-state index contributed by atoms with van der Waals surface area (Å²) in [5.41, 5.74) is 0.747. The average molecular weight is 314 g/mol. The summed E-state index contributed by atoms with van der Waals surface area (Å²) in [5, 5.41) is 4.21. The third-order valence-corrected chi connectivity index (χ3v) is 3.62. The van der Waals surface area contributed by atoms with Gasteiger partial charge in [0.1, 0.15) is 0 Å². The van der Waals surface area contributed by atoms with Crippen LogP contribution in [0.15, 0.2) is 30.6 Å². The van der Waals surface area contributed by atoms with Gasteiger partial charge in [-0.25, -0.2) is 4.98 Å². The van der Waals surface area contributed by atoms with Crippen LogP contribution in [0.4, 0.5) is 11.6 Å². The Kier molecular flexibility index (Phi) is 5.71. The summed E-state index contributed by atoms with van der Waals surface area (Å²) in [7, 11) is 0. The lowest BCUT2D eigenvalue weighted by Gasteiger charge is -2.11. The Morgan fingerprint density at radius 2 is 2.20 bits per heavy atom. The van der Waals surface area contributed by atoms with Gasteiger partial charge in [-0.2, -0.15) is 0 Å². The van der Waals surface area contributed by atoms with Crippen molar-refractivity contribution < 1.29 is 4.74 Å². The van der Waals surface area contributed by atoms with Crippen molar-refractivity contribution in [3.05, 3.63) is 40.6 Å². The summed E-state index contributed by atoms with van der Waals surface area (Å²) < 4.78 is 7.36. The fourth-order valence-corrected chi connectivity index (χ4v) is 2.16. The van der Waals surface area contributed by atoms with Crippen molar-refractivity contribution in [2.24, 2.45) is 0 Å². The summed E-state index contributed by atoms with van der Waals surface area (Å²) in [4.78, 5) is 4.29. The van der Waals surface area contributed by atoms with Gasteiger partial charge in [-0.15, -0.1) is 0 Å². The van der Waals surface area contributed by atoms with Gasteiger partial charge in [-0.1, -0.05) is 29.3 Å². The van der Waals surface area contributed by atoms with Gasteiger partial charge in [0.15, 0.2) is 0 Å². The molecule has 0 saturated heterocycles. The molecular formula is C14H17Cl2N3O. The van der Waals surface area contributed by atoms with Crippen LogP contribution in [-0.2, 0) is 11.3 Å². The molecule has 0 aliphatic heterocycles. The number of halogens is 2. The van der Waals surface area contributed by atoms with E-state index in [9.17, 15) is 0 Å². The predicted octanol–water partition coefficient (Wildman–Crippen LogP) is 4.36. The number of nitrogens with zero attached hydrogens (tertiary/aromatic N) is 2. The molecule has 1 heterocycles. The quantitative estimate of drug-likeness (QED) is 0.772. The van der Waals surface area contributed by atoms with E-state index < -0.39 is 0 Å². The maximum atomic E-state index is 6.16. The second-order valence-electron chi connectivity index (χ2n) is 4.22. The molecule has 6 heteroatoms. The van der Waals surface area contributed by atoms with E-state index in [-0.39, 0.29) is 0 Å². The zero-order valence-electron chi connectivity index (χ0n) is 11.3. The number of aryl methyl sites for hydroxylation is 1. The number of benzene rings is 1. The summed E-state index contributed by atoms with van der Waals surface area (Å²) in [6.45, 7) is 4.31. The molecule has 0 spiro atoms. The number of ether oxygens (including phenoxy) is 1. The minimum Gasteiger partial charge on any atom is -0.382 e. The van der Waals surface area contributed by atoms with Crippen molar-refractivity contribution in [1.82, 2.24) is 9.55 Å². The van der Waals surface area contributed by atoms with Crippen LogP contribution in [0.5, 0.6) is 0 Å². The van der Waals surface area contributed by atoms with E-state index in [1.54, 1.807) is 12.3 Å². The summed E-state index contributed by atoms with van der Waals surface area (Å²) in [6.07, 6.45) is 4.61. The standard InChI is InChI=1S/C14H17Cl2N3O/c1-2-20-10-4-8-19-9-7-17-14(19)18-12-6-3-5-11(15)13(12)16/h3,5-7,9H,2,4,8,10H2,1H3,(H,17,18). The first kappa shape index (κ1) is 15.2. The fraction of sp³-hybridized carbons (Fsp3) is 0.357. The molecule has 0 bridgehead atoms. The number of hydrogen-bond donors (Lipinski definition) is 1. The molecule has 4 nitrogen and oxygen atoms in total. The Morgan fingerprint density at radius 1 is 1.35 bits per heavy atom. The van der Waals surface area contributed by atoms with Crippen LogP contribution < -0.4 is 5.32 Å². The Bertz CT molecular complexity index is 557. The maximum Gasteiger partial charge on any atom is 0.207 e. The molecule has 0 saturated carbocycles. The molecule has 1 N–H and O–H groups in total. The van der Waals surface area contributed by atoms with Crippen molar-refractivity contribution >= 4 is 34.8 Å². The number of anilines is 2. The smallest absolute Gasteiger partial charge is 0.207 e. The second-order valence-corrected chi connectivity index (χ2v) is 5.01. The van der Waals surface area contributed by atoms with Crippen LogP contribution in [0.3, 0.4) is 0 Å². The van der Waals surface area contributed by atoms with Crippen LogP contribution in [0.2, 0.25) is 10.0 Å². The zero-order valence-corrected chi connectivity index (χ0v) is 12.8. The van der Waals surface area contributed by atoms with Crippen LogP contribution in [0.25, 0.3) is 0 Å². The molecule has 0 unspecified atom stereocenters. The molecule has 0 aliphatic carbocycles. The largest absolute Gasteiger partial charge is 0.382 e. The van der Waals surface area contributed by atoms with E-state index in [2.05, 4.69) is 10.3 Å². The first-order valence-electron chi connectivity index (χ1n) is 6.52. The van der Waals surface area contributed by atoms with Gasteiger partial charge in [0.25, 0.3) is 0 Å². The van der Waals surface area contributed by atoms with E-state index in [1.807, 2.05) is 29.8 Å². The summed E-state index contributed by atoms with van der Waals surface area (Å²) in [6, 6.07) is 5.47. The lowest BCUT2D eigenvalue weighted by molar-refractivity contribution is 0.142. The molecule has 1 aromatic heterocycles. The van der Waals surface area contributed by atoms with E-state index in [0.29, 0.717) is 10.0 Å². The number of nitrogens with one attached hydrogen (secondary N) is 1. The third kappa shape index (κ3) is 3.88. The molecule has 108 valence electrons. The van der Waals surface area contributed by atoms with Gasteiger partial charge in [-0.3, -0.25) is 0 Å². The number of aromatic nitrogens is 2. The first-order valence-corrected chi connectivity index (χ1v) is 7.28. The Morgan fingerprint density at radius 3 is 3.00 bits per heavy atom. The van der Waals surface area contributed by atoms with Crippen molar-refractivity contribution in [1.29, 1.82) is 0 Å². The average Bonchev–Trinajstić information content (AvgIpc) is 2.87. The monoisotopic (exact) mass is 313 g/mol. The third-order valence-electron chi connectivity index (χ3n) is 2.81. The van der Waals surface area contributed by atoms with Crippen LogP contribution >= 0.6 is 23.2 Å². The lowest BCUT2D eigenvalue weighted by Crippen LogP contribution is -2.06. The van der Waals surface area contributed by atoms with Crippen LogP contribution in [0.1, 0.15) is 13.3 Å². The van der Waals surface area contributed by atoms with Gasteiger partial charge in [-0.05, 0) is 25.5 Å². The van der Waals surface area contributed by atoms with Crippen molar-refractivity contribution in [3.8, 4) is 0 Å². The van der Waals surface area contributed by atoms with E-state index in [0.717, 1.165) is 37.8 Å². The van der Waals surface area contributed by atoms with Crippen molar-refractivity contribution in [2.75, 3.05) is 18.5 Å². The van der Waals surface area contributed by atoms with E-state index in [1.165, 1.54) is 0 Å². The molecule has 0 radical (unpaired) electrons. The Labute approximate surface area is 128 Å². The Hall–Kier alpha value is -1.23. The molecule has 2 rings (SSSR count). The lowest BCUT2D eigenvalue weighted by atomic mass is 10.3. The van der Waals surface area contributed by atoms with E-state index >= 15 is 0 Å². The second kappa shape index (κ2) is 7.53. The van der Waals surface area contributed by atoms with Gasteiger partial charge in [0.2, 0.25) is 5.95 Å².